The van der Waals surface area contributed by atoms with Gasteiger partial charge in [0, 0.05) is 32.9 Å². The number of nitrogens with zero attached hydrogens (tertiary/aromatic N) is 3. The van der Waals surface area contributed by atoms with E-state index < -0.39 is 6.10 Å². The highest BCUT2D eigenvalue weighted by molar-refractivity contribution is 5.92. The summed E-state index contributed by atoms with van der Waals surface area (Å²) < 4.78 is 5.52. The molecule has 0 radical (unpaired) electrons. The lowest BCUT2D eigenvalue weighted by Gasteiger charge is -2.20. The van der Waals surface area contributed by atoms with Gasteiger partial charge < -0.3 is 15.2 Å². The van der Waals surface area contributed by atoms with Crippen molar-refractivity contribution in [3.05, 3.63) is 30.3 Å². The first kappa shape index (κ1) is 17.9. The molecule has 1 heterocycles. The van der Waals surface area contributed by atoms with Crippen LogP contribution in [0.1, 0.15) is 6.92 Å². The Morgan fingerprint density at radius 3 is 2.74 bits per heavy atom. The van der Waals surface area contributed by atoms with Crippen LogP contribution in [0, 0.1) is 0 Å². The Morgan fingerprint density at radius 1 is 1.35 bits per heavy atom. The van der Waals surface area contributed by atoms with E-state index in [0.29, 0.717) is 12.6 Å². The molecule has 23 heavy (non-hydrogen) atoms. The number of rotatable bonds is 8. The third kappa shape index (κ3) is 5.58. The van der Waals surface area contributed by atoms with Crippen LogP contribution in [0.3, 0.4) is 0 Å². The minimum atomic E-state index is -0.523. The number of aliphatic hydroxyl groups excluding tert-OH is 1. The van der Waals surface area contributed by atoms with Crippen molar-refractivity contribution in [1.82, 2.24) is 15.3 Å². The number of hydrazine groups is 1. The maximum Gasteiger partial charge on any atom is 0.119 e. The summed E-state index contributed by atoms with van der Waals surface area (Å²) in [5, 5.41) is 17.5. The summed E-state index contributed by atoms with van der Waals surface area (Å²) in [6, 6.07) is 9.90. The van der Waals surface area contributed by atoms with Crippen LogP contribution in [0.5, 0.6) is 5.75 Å². The molecular formula is C17H28N4O2. The van der Waals surface area contributed by atoms with Gasteiger partial charge in [-0.2, -0.15) is 0 Å². The molecule has 0 aromatic heterocycles. The normalized spacial score (nSPS) is 22.6. The molecule has 0 bridgehead atoms. The molecule has 0 saturated carbocycles. The Labute approximate surface area is 138 Å². The highest BCUT2D eigenvalue weighted by Crippen LogP contribution is 2.11. The Kier molecular flexibility index (Phi) is 6.98. The average molecular weight is 320 g/mol. The molecule has 1 fully saturated rings. The molecule has 2 rings (SSSR count). The van der Waals surface area contributed by atoms with Crippen molar-refractivity contribution in [3.8, 4) is 5.75 Å². The van der Waals surface area contributed by atoms with Crippen LogP contribution in [0.4, 0.5) is 0 Å². The first-order valence-electron chi connectivity index (χ1n) is 8.11. The van der Waals surface area contributed by atoms with Crippen molar-refractivity contribution < 1.29 is 9.84 Å². The van der Waals surface area contributed by atoms with E-state index in [-0.39, 0.29) is 6.61 Å². The molecule has 1 aromatic carbocycles. The molecular weight excluding hydrogens is 292 g/mol. The largest absolute Gasteiger partial charge is 0.491 e. The van der Waals surface area contributed by atoms with Gasteiger partial charge in [-0.15, -0.1) is 0 Å². The fourth-order valence-corrected chi connectivity index (χ4v) is 2.49. The van der Waals surface area contributed by atoms with Crippen LogP contribution in [0.15, 0.2) is 35.3 Å². The summed E-state index contributed by atoms with van der Waals surface area (Å²) in [6.45, 7) is 5.34. The number of aliphatic hydroxyl groups is 1. The molecule has 1 aliphatic rings. The van der Waals surface area contributed by atoms with E-state index in [9.17, 15) is 5.11 Å². The van der Waals surface area contributed by atoms with Crippen LogP contribution >= 0.6 is 0 Å². The quantitative estimate of drug-likeness (QED) is 0.688. The van der Waals surface area contributed by atoms with Gasteiger partial charge in [0.1, 0.15) is 18.5 Å². The van der Waals surface area contributed by atoms with E-state index in [2.05, 4.69) is 41.3 Å². The van der Waals surface area contributed by atoms with Crippen molar-refractivity contribution in [2.45, 2.75) is 19.1 Å². The second-order valence-electron chi connectivity index (χ2n) is 5.92. The van der Waals surface area contributed by atoms with Gasteiger partial charge in [-0.05, 0) is 19.1 Å². The fraction of sp³-hybridized carbons (Fsp3) is 0.588. The maximum atomic E-state index is 9.90. The average Bonchev–Trinajstić information content (AvgIpc) is 2.81. The monoisotopic (exact) mass is 320 g/mol. The molecule has 1 aliphatic heterocycles. The molecule has 128 valence electrons. The predicted octanol–water partition coefficient (Wildman–Crippen LogP) is 0.638. The molecule has 1 saturated heterocycles. The Bertz CT molecular complexity index is 495. The zero-order valence-corrected chi connectivity index (χ0v) is 14.3. The predicted molar refractivity (Wildman–Crippen MR) is 93.0 cm³/mol. The van der Waals surface area contributed by atoms with Gasteiger partial charge >= 0.3 is 0 Å². The number of para-hydroxylation sites is 1. The lowest BCUT2D eigenvalue weighted by Crippen LogP contribution is -2.34. The first-order valence-corrected chi connectivity index (χ1v) is 8.11. The van der Waals surface area contributed by atoms with Gasteiger partial charge in [-0.25, -0.2) is 10.0 Å². The summed E-state index contributed by atoms with van der Waals surface area (Å²) in [4.78, 5) is 4.65. The van der Waals surface area contributed by atoms with Crippen molar-refractivity contribution in [3.63, 3.8) is 0 Å². The van der Waals surface area contributed by atoms with E-state index in [1.54, 1.807) is 0 Å². The number of hydrogen-bond donors (Lipinski definition) is 2. The zero-order chi connectivity index (χ0) is 16.7. The summed E-state index contributed by atoms with van der Waals surface area (Å²) in [5.41, 5.74) is 1.21. The van der Waals surface area contributed by atoms with E-state index in [4.69, 9.17) is 4.74 Å². The lowest BCUT2D eigenvalue weighted by molar-refractivity contribution is 0.0605. The number of benzene rings is 1. The van der Waals surface area contributed by atoms with E-state index in [0.717, 1.165) is 25.4 Å². The minimum absolute atomic E-state index is 0.290. The van der Waals surface area contributed by atoms with Crippen LogP contribution < -0.4 is 10.1 Å². The van der Waals surface area contributed by atoms with Gasteiger partial charge in [-0.3, -0.25) is 4.99 Å². The second kappa shape index (κ2) is 8.98. The minimum Gasteiger partial charge on any atom is -0.491 e. The second-order valence-corrected chi connectivity index (χ2v) is 5.92. The van der Waals surface area contributed by atoms with E-state index in [1.807, 2.05) is 30.3 Å². The van der Waals surface area contributed by atoms with Crippen LogP contribution in [-0.2, 0) is 0 Å². The molecule has 0 aliphatic carbocycles. The zero-order valence-electron chi connectivity index (χ0n) is 14.3. The Hall–Kier alpha value is -1.47. The Balaban J connectivity index is 1.58. The molecule has 2 N–H and O–H groups in total. The molecule has 6 heteroatoms. The third-order valence-electron chi connectivity index (χ3n) is 4.14. The van der Waals surface area contributed by atoms with Crippen molar-refractivity contribution in [2.75, 3.05) is 46.9 Å². The van der Waals surface area contributed by atoms with Crippen LogP contribution in [0.25, 0.3) is 0 Å². The smallest absolute Gasteiger partial charge is 0.119 e. The van der Waals surface area contributed by atoms with Gasteiger partial charge in [0.25, 0.3) is 0 Å². The van der Waals surface area contributed by atoms with Gasteiger partial charge in [-0.1, -0.05) is 18.2 Å². The summed E-state index contributed by atoms with van der Waals surface area (Å²) in [5.74, 6) is 0.779. The van der Waals surface area contributed by atoms with Crippen molar-refractivity contribution in [1.29, 1.82) is 0 Å². The van der Waals surface area contributed by atoms with Gasteiger partial charge in [0.05, 0.1) is 19.1 Å². The van der Waals surface area contributed by atoms with Crippen LogP contribution in [-0.4, -0.2) is 79.9 Å². The molecule has 0 spiro atoms. The van der Waals surface area contributed by atoms with Gasteiger partial charge in [0.15, 0.2) is 0 Å². The summed E-state index contributed by atoms with van der Waals surface area (Å²) in [7, 11) is 4.15. The van der Waals surface area contributed by atoms with Crippen molar-refractivity contribution in [2.24, 2.45) is 4.99 Å². The standard InChI is InChI=1S/C17H28N4O2/c1-14-17(12-20(2)21(14)3)19-10-9-18-11-15(22)13-23-16-7-5-4-6-8-16/h4-8,14-15,18,22H,9-13H2,1-3H3. The molecule has 0 amide bonds. The fourth-order valence-electron chi connectivity index (χ4n) is 2.49. The van der Waals surface area contributed by atoms with Crippen LogP contribution in [0.2, 0.25) is 0 Å². The topological polar surface area (TPSA) is 60.3 Å². The number of aliphatic imine (C=N–C) groups is 1. The highest BCUT2D eigenvalue weighted by atomic mass is 16.5. The Morgan fingerprint density at radius 2 is 2.09 bits per heavy atom. The summed E-state index contributed by atoms with van der Waals surface area (Å²) in [6.07, 6.45) is -0.523. The van der Waals surface area contributed by atoms with Crippen molar-refractivity contribution >= 4 is 5.71 Å². The molecule has 2 unspecified atom stereocenters. The number of nitrogens with one attached hydrogen (secondary N) is 1. The van der Waals surface area contributed by atoms with E-state index >= 15 is 0 Å². The lowest BCUT2D eigenvalue weighted by atomic mass is 10.2. The molecule has 6 nitrogen and oxygen atoms in total. The summed E-state index contributed by atoms with van der Waals surface area (Å²) >= 11 is 0. The van der Waals surface area contributed by atoms with Gasteiger partial charge in [0.2, 0.25) is 0 Å². The van der Waals surface area contributed by atoms with E-state index in [1.165, 1.54) is 5.71 Å². The highest BCUT2D eigenvalue weighted by Gasteiger charge is 2.27. The number of ether oxygens (including phenoxy) is 1. The number of hydrogen-bond acceptors (Lipinski definition) is 6. The maximum absolute atomic E-state index is 9.90. The SMILES string of the molecule is CC1C(=NCCNCC(O)COc2ccccc2)CN(C)N1C. The third-order valence-corrected chi connectivity index (χ3v) is 4.14. The molecule has 2 atom stereocenters. The molecule has 1 aromatic rings. The first-order chi connectivity index (χ1) is 11.1.